The number of aromatic nitrogens is 1. The Kier molecular flexibility index (Phi) is 3.88. The molecule has 1 aromatic carbocycles. The average molecular weight is 274 g/mol. The van der Waals surface area contributed by atoms with Gasteiger partial charge in [0.25, 0.3) is 0 Å². The van der Waals surface area contributed by atoms with Gasteiger partial charge in [-0.15, -0.1) is 0 Å². The lowest BCUT2D eigenvalue weighted by Crippen LogP contribution is -2.16. The third kappa shape index (κ3) is 2.77. The van der Waals surface area contributed by atoms with Crippen LogP contribution in [0.4, 0.5) is 10.8 Å². The first-order valence-electron chi connectivity index (χ1n) is 5.65. The molecule has 0 atom stereocenters. The van der Waals surface area contributed by atoms with Crippen molar-refractivity contribution in [2.75, 3.05) is 24.8 Å². The minimum Gasteiger partial charge on any atom is -0.497 e. The van der Waals surface area contributed by atoms with E-state index in [1.54, 1.807) is 7.11 Å². The molecule has 6 heteroatoms. The molecule has 5 nitrogen and oxygen atoms in total. The predicted molar refractivity (Wildman–Crippen MR) is 76.3 cm³/mol. The van der Waals surface area contributed by atoms with Crippen LogP contribution >= 0.6 is 11.5 Å². The van der Waals surface area contributed by atoms with Crippen molar-refractivity contribution in [1.82, 2.24) is 4.37 Å². The first-order chi connectivity index (χ1) is 9.15. The van der Waals surface area contributed by atoms with Gasteiger partial charge < -0.3 is 15.4 Å². The number of nitrogens with zero attached hydrogens (tertiary/aromatic N) is 3. The molecule has 0 spiro atoms. The number of anilines is 2. The van der Waals surface area contributed by atoms with Gasteiger partial charge in [0.15, 0.2) is 5.82 Å². The van der Waals surface area contributed by atoms with Crippen LogP contribution < -0.4 is 15.4 Å². The van der Waals surface area contributed by atoms with Crippen LogP contribution in [0, 0.1) is 11.3 Å². The van der Waals surface area contributed by atoms with Crippen molar-refractivity contribution in [3.63, 3.8) is 0 Å². The maximum atomic E-state index is 9.06. The molecule has 2 aromatic rings. The monoisotopic (exact) mass is 274 g/mol. The van der Waals surface area contributed by atoms with E-state index < -0.39 is 0 Å². The highest BCUT2D eigenvalue weighted by atomic mass is 32.1. The lowest BCUT2D eigenvalue weighted by molar-refractivity contribution is 0.414. The topological polar surface area (TPSA) is 75.2 Å². The van der Waals surface area contributed by atoms with E-state index in [0.29, 0.717) is 17.9 Å². The zero-order valence-corrected chi connectivity index (χ0v) is 11.6. The van der Waals surface area contributed by atoms with Crippen molar-refractivity contribution in [1.29, 1.82) is 5.26 Å². The first kappa shape index (κ1) is 13.2. The largest absolute Gasteiger partial charge is 0.497 e. The minimum atomic E-state index is 0.295. The van der Waals surface area contributed by atoms with Crippen molar-refractivity contribution >= 4 is 22.4 Å². The van der Waals surface area contributed by atoms with Crippen molar-refractivity contribution in [3.8, 4) is 11.8 Å². The first-order valence-corrected chi connectivity index (χ1v) is 6.42. The normalized spacial score (nSPS) is 9.95. The molecule has 0 saturated carbocycles. The van der Waals surface area contributed by atoms with Crippen molar-refractivity contribution in [2.24, 2.45) is 0 Å². The zero-order chi connectivity index (χ0) is 13.8. The fraction of sp³-hybridized carbons (Fsp3) is 0.231. The van der Waals surface area contributed by atoms with E-state index in [1.807, 2.05) is 36.2 Å². The van der Waals surface area contributed by atoms with E-state index in [1.165, 1.54) is 11.5 Å². The van der Waals surface area contributed by atoms with Gasteiger partial charge in [0.05, 0.1) is 7.11 Å². The number of nitrogens with two attached hydrogens (primary N) is 1. The summed E-state index contributed by atoms with van der Waals surface area (Å²) in [6.07, 6.45) is 0. The van der Waals surface area contributed by atoms with Gasteiger partial charge in [0.1, 0.15) is 22.4 Å². The van der Waals surface area contributed by atoms with Gasteiger partial charge in [0, 0.05) is 13.6 Å². The summed E-state index contributed by atoms with van der Waals surface area (Å²) in [5.74, 6) is 1.12. The average Bonchev–Trinajstić information content (AvgIpc) is 2.80. The molecule has 19 heavy (non-hydrogen) atoms. The molecule has 0 aliphatic heterocycles. The molecule has 0 unspecified atom stereocenters. The molecular formula is C13H14N4OS. The number of methoxy groups -OCH3 is 1. The number of hydrogen-bond acceptors (Lipinski definition) is 6. The summed E-state index contributed by atoms with van der Waals surface area (Å²) in [6, 6.07) is 9.90. The van der Waals surface area contributed by atoms with E-state index in [0.717, 1.165) is 16.3 Å². The molecule has 1 aromatic heterocycles. The van der Waals surface area contributed by atoms with E-state index in [-0.39, 0.29) is 0 Å². The SMILES string of the molecule is COc1ccc(CN(C)c2snc(N)c2C#N)cc1. The quantitative estimate of drug-likeness (QED) is 0.925. The van der Waals surface area contributed by atoms with Gasteiger partial charge in [-0.2, -0.15) is 9.64 Å². The van der Waals surface area contributed by atoms with Crippen LogP contribution in [0.2, 0.25) is 0 Å². The molecule has 0 fully saturated rings. The van der Waals surface area contributed by atoms with Gasteiger partial charge in [-0.3, -0.25) is 0 Å². The summed E-state index contributed by atoms with van der Waals surface area (Å²) >= 11 is 1.24. The Labute approximate surface area is 116 Å². The van der Waals surface area contributed by atoms with Crippen LogP contribution in [0.25, 0.3) is 0 Å². The highest BCUT2D eigenvalue weighted by molar-refractivity contribution is 7.10. The lowest BCUT2D eigenvalue weighted by atomic mass is 10.2. The van der Waals surface area contributed by atoms with Crippen molar-refractivity contribution < 1.29 is 4.74 Å². The van der Waals surface area contributed by atoms with E-state index >= 15 is 0 Å². The van der Waals surface area contributed by atoms with E-state index in [2.05, 4.69) is 10.4 Å². The summed E-state index contributed by atoms with van der Waals surface area (Å²) in [7, 11) is 3.55. The smallest absolute Gasteiger partial charge is 0.157 e. The molecule has 0 aliphatic carbocycles. The van der Waals surface area contributed by atoms with Crippen LogP contribution in [-0.4, -0.2) is 18.5 Å². The van der Waals surface area contributed by atoms with Gasteiger partial charge in [0.2, 0.25) is 0 Å². The third-order valence-electron chi connectivity index (χ3n) is 2.74. The third-order valence-corrected chi connectivity index (χ3v) is 3.71. The number of ether oxygens (including phenoxy) is 1. The lowest BCUT2D eigenvalue weighted by Gasteiger charge is -2.17. The van der Waals surface area contributed by atoms with Crippen LogP contribution in [0.15, 0.2) is 24.3 Å². The molecule has 2 rings (SSSR count). The molecule has 2 N–H and O–H groups in total. The van der Waals surface area contributed by atoms with Crippen molar-refractivity contribution in [2.45, 2.75) is 6.54 Å². The Morgan fingerprint density at radius 3 is 2.68 bits per heavy atom. The molecular weight excluding hydrogens is 260 g/mol. The molecule has 0 radical (unpaired) electrons. The molecule has 1 heterocycles. The van der Waals surface area contributed by atoms with Crippen LogP contribution in [-0.2, 0) is 6.54 Å². The van der Waals surface area contributed by atoms with Gasteiger partial charge in [-0.25, -0.2) is 0 Å². The second-order valence-corrected chi connectivity index (χ2v) is 4.82. The van der Waals surface area contributed by atoms with Gasteiger partial charge in [-0.05, 0) is 29.2 Å². The summed E-state index contributed by atoms with van der Waals surface area (Å²) in [4.78, 5) is 1.97. The maximum Gasteiger partial charge on any atom is 0.157 e. The van der Waals surface area contributed by atoms with Gasteiger partial charge in [-0.1, -0.05) is 12.1 Å². The highest BCUT2D eigenvalue weighted by Gasteiger charge is 2.15. The standard InChI is InChI=1S/C13H14N4OS/c1-17(13-11(7-14)12(15)16-19-13)8-9-3-5-10(18-2)6-4-9/h3-6H,8H2,1-2H3,(H2,15,16). The number of rotatable bonds is 4. The van der Waals surface area contributed by atoms with E-state index in [4.69, 9.17) is 15.7 Å². The molecule has 98 valence electrons. The summed E-state index contributed by atoms with van der Waals surface area (Å²) in [6.45, 7) is 0.681. The van der Waals surface area contributed by atoms with Crippen LogP contribution in [0.3, 0.4) is 0 Å². The Bertz CT molecular complexity index is 600. The Morgan fingerprint density at radius 2 is 2.11 bits per heavy atom. The second-order valence-electron chi connectivity index (χ2n) is 4.06. The van der Waals surface area contributed by atoms with Crippen molar-refractivity contribution in [3.05, 3.63) is 35.4 Å². The minimum absolute atomic E-state index is 0.295. The number of nitrogen functional groups attached to an aromatic ring is 1. The fourth-order valence-corrected chi connectivity index (χ4v) is 2.46. The zero-order valence-electron chi connectivity index (χ0n) is 10.8. The summed E-state index contributed by atoms with van der Waals surface area (Å²) < 4.78 is 9.13. The fourth-order valence-electron chi connectivity index (χ4n) is 1.74. The highest BCUT2D eigenvalue weighted by Crippen LogP contribution is 2.29. The second kappa shape index (κ2) is 5.59. The maximum absolute atomic E-state index is 9.06. The van der Waals surface area contributed by atoms with E-state index in [9.17, 15) is 0 Å². The molecule has 0 amide bonds. The number of nitriles is 1. The van der Waals surface area contributed by atoms with Gasteiger partial charge >= 0.3 is 0 Å². The Morgan fingerprint density at radius 1 is 1.42 bits per heavy atom. The summed E-state index contributed by atoms with van der Waals surface area (Å²) in [5.41, 5.74) is 7.22. The molecule has 0 bridgehead atoms. The number of benzene rings is 1. The predicted octanol–water partition coefficient (Wildman–Crippen LogP) is 2.24. The molecule has 0 aliphatic rings. The Balaban J connectivity index is 2.16. The number of hydrogen-bond donors (Lipinski definition) is 1. The van der Waals surface area contributed by atoms with Crippen LogP contribution in [0.1, 0.15) is 11.1 Å². The molecule has 0 saturated heterocycles. The summed E-state index contributed by atoms with van der Waals surface area (Å²) in [5, 5.41) is 9.85. The van der Waals surface area contributed by atoms with Crippen LogP contribution in [0.5, 0.6) is 5.75 Å². The Hall–Kier alpha value is -2.26.